The van der Waals surface area contributed by atoms with E-state index in [4.69, 9.17) is 0 Å². The van der Waals surface area contributed by atoms with Crippen molar-refractivity contribution in [2.45, 2.75) is 77.4 Å². The Kier molecular flexibility index (Phi) is 10.9. The maximum Gasteiger partial charge on any atom is 0.264 e. The lowest BCUT2D eigenvalue weighted by atomic mass is 10.1. The maximum atomic E-state index is 14.1. The highest BCUT2D eigenvalue weighted by Crippen LogP contribution is 2.25. The molecule has 1 N–H and O–H groups in total. The van der Waals surface area contributed by atoms with E-state index in [0.29, 0.717) is 12.1 Å². The summed E-state index contributed by atoms with van der Waals surface area (Å²) in [7, 11) is -4.07. The Hall–Kier alpha value is -3.65. The minimum atomic E-state index is -4.07. The van der Waals surface area contributed by atoms with Gasteiger partial charge in [0.25, 0.3) is 10.0 Å². The van der Waals surface area contributed by atoms with Crippen LogP contribution in [0.2, 0.25) is 0 Å². The van der Waals surface area contributed by atoms with E-state index < -0.39 is 28.5 Å². The van der Waals surface area contributed by atoms with Crippen molar-refractivity contribution >= 4 is 27.5 Å². The molecule has 0 fully saturated rings. The van der Waals surface area contributed by atoms with E-state index >= 15 is 0 Å². The number of amides is 2. The number of carbonyl (C=O) groups is 2. The molecule has 0 saturated carbocycles. The minimum Gasteiger partial charge on any atom is -0.352 e. The summed E-state index contributed by atoms with van der Waals surface area (Å²) in [5.41, 5.74) is 3.39. The summed E-state index contributed by atoms with van der Waals surface area (Å²) in [6, 6.07) is 22.2. The fourth-order valence-electron chi connectivity index (χ4n) is 4.40. The van der Waals surface area contributed by atoms with Gasteiger partial charge in [0, 0.05) is 12.6 Å². The van der Waals surface area contributed by atoms with Gasteiger partial charge < -0.3 is 10.2 Å². The smallest absolute Gasteiger partial charge is 0.264 e. The Bertz CT molecular complexity index is 1360. The zero-order valence-electron chi connectivity index (χ0n) is 24.1. The molecule has 0 aromatic heterocycles. The highest BCUT2D eigenvalue weighted by molar-refractivity contribution is 7.92. The Labute approximate surface area is 239 Å². The number of hydrogen-bond donors (Lipinski definition) is 1. The van der Waals surface area contributed by atoms with Crippen molar-refractivity contribution in [3.63, 3.8) is 0 Å². The van der Waals surface area contributed by atoms with E-state index in [-0.39, 0.29) is 23.4 Å². The number of sulfonamides is 1. The van der Waals surface area contributed by atoms with Gasteiger partial charge in [-0.15, -0.1) is 0 Å². The van der Waals surface area contributed by atoms with E-state index in [2.05, 4.69) is 5.32 Å². The van der Waals surface area contributed by atoms with Crippen molar-refractivity contribution in [3.8, 4) is 0 Å². The van der Waals surface area contributed by atoms with Gasteiger partial charge in [-0.05, 0) is 68.5 Å². The number of carbonyl (C=O) groups excluding carboxylic acids is 2. The van der Waals surface area contributed by atoms with Crippen molar-refractivity contribution in [1.29, 1.82) is 0 Å². The second kappa shape index (κ2) is 14.1. The number of anilines is 1. The standard InChI is InChI=1S/C32H41N3O4S/c1-6-25(5)33-32(37)30(8-3)34(22-27-16-14-24(4)15-17-27)31(36)23-35(28-20-18-26(7-2)19-21-28)40(38,39)29-12-10-9-11-13-29/h9-21,25,30H,6-8,22-23H2,1-5H3,(H,33,37)/t25-,30-/m0/s1. The van der Waals surface area contributed by atoms with Gasteiger partial charge in [-0.25, -0.2) is 8.42 Å². The van der Waals surface area contributed by atoms with Gasteiger partial charge in [-0.1, -0.05) is 80.9 Å². The van der Waals surface area contributed by atoms with Crippen molar-refractivity contribution in [3.05, 3.63) is 95.6 Å². The molecular formula is C32H41N3O4S. The van der Waals surface area contributed by atoms with Crippen LogP contribution in [0.1, 0.15) is 57.2 Å². The predicted octanol–water partition coefficient (Wildman–Crippen LogP) is 5.47. The number of benzene rings is 3. The number of rotatable bonds is 13. The molecule has 0 aliphatic carbocycles. The summed E-state index contributed by atoms with van der Waals surface area (Å²) in [5, 5.41) is 3.00. The molecule has 2 atom stereocenters. The molecule has 3 aromatic rings. The van der Waals surface area contributed by atoms with E-state index in [1.54, 1.807) is 30.3 Å². The highest BCUT2D eigenvalue weighted by Gasteiger charge is 2.33. The first-order valence-electron chi connectivity index (χ1n) is 13.9. The molecule has 0 heterocycles. The van der Waals surface area contributed by atoms with Gasteiger partial charge in [-0.2, -0.15) is 0 Å². The van der Waals surface area contributed by atoms with E-state index in [1.807, 2.05) is 71.0 Å². The molecule has 3 rings (SSSR count). The molecular weight excluding hydrogens is 522 g/mol. The average molecular weight is 564 g/mol. The Morgan fingerprint density at radius 2 is 1.43 bits per heavy atom. The molecule has 0 radical (unpaired) electrons. The second-order valence-electron chi connectivity index (χ2n) is 10.1. The first-order valence-corrected chi connectivity index (χ1v) is 15.4. The molecule has 2 amide bonds. The minimum absolute atomic E-state index is 0.0510. The third-order valence-corrected chi connectivity index (χ3v) is 8.89. The van der Waals surface area contributed by atoms with Crippen LogP contribution in [0.25, 0.3) is 0 Å². The van der Waals surface area contributed by atoms with Gasteiger partial charge in [0.15, 0.2) is 0 Å². The normalized spacial score (nSPS) is 12.8. The first kappa shape index (κ1) is 30.9. The lowest BCUT2D eigenvalue weighted by Crippen LogP contribution is -2.53. The van der Waals surface area contributed by atoms with E-state index in [0.717, 1.165) is 33.8 Å². The summed E-state index contributed by atoms with van der Waals surface area (Å²) >= 11 is 0. The summed E-state index contributed by atoms with van der Waals surface area (Å²) in [6.07, 6.45) is 1.94. The average Bonchev–Trinajstić information content (AvgIpc) is 2.97. The quantitative estimate of drug-likeness (QED) is 0.299. The molecule has 0 aliphatic heterocycles. The molecule has 8 heteroatoms. The highest BCUT2D eigenvalue weighted by atomic mass is 32.2. The third kappa shape index (κ3) is 7.72. The molecule has 214 valence electrons. The van der Waals surface area contributed by atoms with E-state index in [9.17, 15) is 18.0 Å². The molecule has 40 heavy (non-hydrogen) atoms. The van der Waals surface area contributed by atoms with Gasteiger partial charge in [0.05, 0.1) is 10.6 Å². The SMILES string of the molecule is CCc1ccc(N(CC(=O)N(Cc2ccc(C)cc2)[C@@H](CC)C(=O)N[C@@H](C)CC)S(=O)(=O)c2ccccc2)cc1. The first-order chi connectivity index (χ1) is 19.1. The zero-order valence-corrected chi connectivity index (χ0v) is 24.9. The van der Waals surface area contributed by atoms with Crippen LogP contribution in [0.4, 0.5) is 5.69 Å². The van der Waals surface area contributed by atoms with Crippen LogP contribution >= 0.6 is 0 Å². The third-order valence-electron chi connectivity index (χ3n) is 7.10. The Morgan fingerprint density at radius 1 is 0.825 bits per heavy atom. The van der Waals surface area contributed by atoms with Crippen LogP contribution in [-0.4, -0.2) is 43.8 Å². The number of aryl methyl sites for hydroxylation is 2. The van der Waals surface area contributed by atoms with E-state index in [1.165, 1.54) is 17.0 Å². The zero-order chi connectivity index (χ0) is 29.3. The largest absolute Gasteiger partial charge is 0.352 e. The van der Waals surface area contributed by atoms with Crippen molar-refractivity contribution in [1.82, 2.24) is 10.2 Å². The summed E-state index contributed by atoms with van der Waals surface area (Å²) in [5.74, 6) is -0.701. The monoisotopic (exact) mass is 563 g/mol. The molecule has 0 aliphatic rings. The van der Waals surface area contributed by atoms with Crippen molar-refractivity contribution < 1.29 is 18.0 Å². The number of hydrogen-bond acceptors (Lipinski definition) is 4. The predicted molar refractivity (Wildman–Crippen MR) is 160 cm³/mol. The van der Waals surface area contributed by atoms with Crippen LogP contribution in [0.5, 0.6) is 0 Å². The fourth-order valence-corrected chi connectivity index (χ4v) is 5.83. The van der Waals surface area contributed by atoms with Crippen LogP contribution in [0.15, 0.2) is 83.8 Å². The van der Waals surface area contributed by atoms with Gasteiger partial charge in [0.2, 0.25) is 11.8 Å². The lowest BCUT2D eigenvalue weighted by molar-refractivity contribution is -0.140. The van der Waals surface area contributed by atoms with Crippen LogP contribution in [0, 0.1) is 6.92 Å². The van der Waals surface area contributed by atoms with Crippen molar-refractivity contribution in [2.24, 2.45) is 0 Å². The second-order valence-corrected chi connectivity index (χ2v) is 12.0. The van der Waals surface area contributed by atoms with Gasteiger partial charge >= 0.3 is 0 Å². The van der Waals surface area contributed by atoms with Gasteiger partial charge in [0.1, 0.15) is 12.6 Å². The molecule has 0 unspecified atom stereocenters. The molecule has 0 spiro atoms. The number of nitrogens with one attached hydrogen (secondary N) is 1. The summed E-state index contributed by atoms with van der Waals surface area (Å²) in [4.78, 5) is 29.0. The molecule has 0 saturated heterocycles. The molecule has 7 nitrogen and oxygen atoms in total. The maximum absolute atomic E-state index is 14.1. The number of nitrogens with zero attached hydrogens (tertiary/aromatic N) is 2. The molecule has 0 bridgehead atoms. The van der Waals surface area contributed by atoms with Crippen LogP contribution < -0.4 is 9.62 Å². The fraction of sp³-hybridized carbons (Fsp3) is 0.375. The topological polar surface area (TPSA) is 86.8 Å². The van der Waals surface area contributed by atoms with Crippen molar-refractivity contribution in [2.75, 3.05) is 10.8 Å². The molecule has 3 aromatic carbocycles. The summed E-state index contributed by atoms with van der Waals surface area (Å²) < 4.78 is 28.9. The Morgan fingerprint density at radius 3 is 1.98 bits per heavy atom. The lowest BCUT2D eigenvalue weighted by Gasteiger charge is -2.33. The summed E-state index contributed by atoms with van der Waals surface area (Å²) in [6.45, 7) is 9.51. The van der Waals surface area contributed by atoms with Crippen LogP contribution in [0.3, 0.4) is 0 Å². The Balaban J connectivity index is 2.04. The van der Waals surface area contributed by atoms with Crippen LogP contribution in [-0.2, 0) is 32.6 Å². The van der Waals surface area contributed by atoms with Gasteiger partial charge in [-0.3, -0.25) is 13.9 Å².